The first-order chi connectivity index (χ1) is 17.3. The topological polar surface area (TPSA) is 151 Å². The molecule has 3 aromatic heterocycles. The van der Waals surface area contributed by atoms with Crippen molar-refractivity contribution in [2.75, 3.05) is 11.1 Å². The van der Waals surface area contributed by atoms with Gasteiger partial charge < -0.3 is 11.1 Å². The number of nitrogens with one attached hydrogen (secondary N) is 2. The number of anilines is 2. The largest absolute Gasteiger partial charge is 0.368 e. The average molecular weight is 499 g/mol. The number of aromatic amines is 1. The van der Waals surface area contributed by atoms with Crippen LogP contribution in [-0.2, 0) is 0 Å². The van der Waals surface area contributed by atoms with Crippen molar-refractivity contribution in [3.63, 3.8) is 0 Å². The van der Waals surface area contributed by atoms with E-state index in [2.05, 4.69) is 30.5 Å². The van der Waals surface area contributed by atoms with Crippen molar-refractivity contribution < 1.29 is 17.6 Å². The van der Waals surface area contributed by atoms with Crippen LogP contribution in [-0.4, -0.2) is 29.7 Å². The van der Waals surface area contributed by atoms with Gasteiger partial charge >= 0.3 is 0 Å². The molecular formula is C22H17F4N9O. The fraction of sp³-hybridized carbons (Fsp3) is 0.273. The van der Waals surface area contributed by atoms with E-state index in [1.54, 1.807) is 6.07 Å². The van der Waals surface area contributed by atoms with Crippen LogP contribution in [0.25, 0.3) is 16.7 Å². The fourth-order valence-electron chi connectivity index (χ4n) is 4.11. The summed E-state index contributed by atoms with van der Waals surface area (Å²) in [6.07, 6.45) is -3.25. The Morgan fingerprint density at radius 3 is 2.53 bits per heavy atom. The Bertz CT molecular complexity index is 1540. The number of hydrogen-bond donors (Lipinski definition) is 3. The molecule has 0 spiro atoms. The Labute approximate surface area is 199 Å². The van der Waals surface area contributed by atoms with Crippen LogP contribution in [0.15, 0.2) is 35.3 Å². The van der Waals surface area contributed by atoms with E-state index in [4.69, 9.17) is 5.73 Å². The summed E-state index contributed by atoms with van der Waals surface area (Å²) < 4.78 is 55.6. The number of nitrogens with two attached hydrogens (primary N) is 1. The highest BCUT2D eigenvalue weighted by molar-refractivity contribution is 5.82. The Balaban J connectivity index is 1.75. The number of nitriles is 1. The minimum atomic E-state index is -3.08. The predicted octanol–water partition coefficient (Wildman–Crippen LogP) is 3.79. The molecule has 10 nitrogen and oxygen atoms in total. The van der Waals surface area contributed by atoms with Gasteiger partial charge in [-0.05, 0) is 24.8 Å². The van der Waals surface area contributed by atoms with Gasteiger partial charge in [-0.2, -0.15) is 15.3 Å². The first-order valence-electron chi connectivity index (χ1n) is 10.8. The maximum absolute atomic E-state index is 13.7. The van der Waals surface area contributed by atoms with E-state index in [0.717, 1.165) is 10.6 Å². The normalized spacial score (nSPS) is 14.4. The molecular weight excluding hydrogens is 482 g/mol. The van der Waals surface area contributed by atoms with E-state index in [-0.39, 0.29) is 34.3 Å². The minimum Gasteiger partial charge on any atom is -0.368 e. The van der Waals surface area contributed by atoms with Gasteiger partial charge in [-0.25, -0.2) is 32.1 Å². The molecule has 1 aliphatic carbocycles. The zero-order valence-corrected chi connectivity index (χ0v) is 18.3. The summed E-state index contributed by atoms with van der Waals surface area (Å²) in [6, 6.07) is 6.29. The van der Waals surface area contributed by atoms with E-state index >= 15 is 0 Å². The number of nitrogens with zero attached hydrogens (tertiary/aromatic N) is 6. The van der Waals surface area contributed by atoms with Gasteiger partial charge in [-0.3, -0.25) is 9.89 Å². The van der Waals surface area contributed by atoms with Gasteiger partial charge in [-0.1, -0.05) is 12.1 Å². The van der Waals surface area contributed by atoms with E-state index in [1.807, 2.05) is 0 Å². The molecule has 1 atom stereocenters. The third-order valence-corrected chi connectivity index (χ3v) is 5.85. The molecule has 1 aliphatic rings. The van der Waals surface area contributed by atoms with Crippen LogP contribution < -0.4 is 16.6 Å². The minimum absolute atomic E-state index is 0.0343. The van der Waals surface area contributed by atoms with Gasteiger partial charge in [0.2, 0.25) is 5.95 Å². The second-order valence-corrected chi connectivity index (χ2v) is 8.16. The number of rotatable bonds is 7. The van der Waals surface area contributed by atoms with Crippen LogP contribution in [0.2, 0.25) is 0 Å². The van der Waals surface area contributed by atoms with Crippen molar-refractivity contribution in [3.05, 3.63) is 63.5 Å². The molecule has 184 valence electrons. The van der Waals surface area contributed by atoms with Crippen LogP contribution in [0.3, 0.4) is 0 Å². The first kappa shape index (κ1) is 23.2. The average Bonchev–Trinajstić information content (AvgIpc) is 3.55. The number of alkyl halides is 4. The predicted molar refractivity (Wildman–Crippen MR) is 120 cm³/mol. The van der Waals surface area contributed by atoms with E-state index in [9.17, 15) is 27.6 Å². The summed E-state index contributed by atoms with van der Waals surface area (Å²) in [5.41, 5.74) is 3.08. The lowest BCUT2D eigenvalue weighted by Gasteiger charge is -2.23. The number of benzene rings is 1. The molecule has 1 saturated carbocycles. The third kappa shape index (κ3) is 3.98. The molecule has 1 fully saturated rings. The van der Waals surface area contributed by atoms with Crippen LogP contribution in [0.4, 0.5) is 29.3 Å². The molecule has 0 bridgehead atoms. The Morgan fingerprint density at radius 2 is 1.92 bits per heavy atom. The molecule has 36 heavy (non-hydrogen) atoms. The molecule has 1 aromatic carbocycles. The number of H-pyrrole nitrogens is 1. The maximum atomic E-state index is 13.7. The molecule has 4 aromatic rings. The van der Waals surface area contributed by atoms with Crippen molar-refractivity contribution in [1.82, 2.24) is 29.7 Å². The zero-order valence-electron chi connectivity index (χ0n) is 18.3. The smallest absolute Gasteiger partial charge is 0.281 e. The van der Waals surface area contributed by atoms with Crippen LogP contribution in [0, 0.1) is 17.2 Å². The maximum Gasteiger partial charge on any atom is 0.281 e. The summed E-state index contributed by atoms with van der Waals surface area (Å²) >= 11 is 0. The molecule has 0 radical (unpaired) electrons. The lowest BCUT2D eigenvalue weighted by molar-refractivity contribution is 0.145. The highest BCUT2D eigenvalue weighted by atomic mass is 19.3. The highest BCUT2D eigenvalue weighted by Gasteiger charge is 2.38. The van der Waals surface area contributed by atoms with Gasteiger partial charge in [-0.15, -0.1) is 0 Å². The van der Waals surface area contributed by atoms with Gasteiger partial charge in [0.05, 0.1) is 23.1 Å². The number of nitrogen functional groups attached to an aromatic ring is 1. The molecule has 0 saturated heterocycles. The van der Waals surface area contributed by atoms with Gasteiger partial charge in [0.15, 0.2) is 5.82 Å². The monoisotopic (exact) mass is 499 g/mol. The summed E-state index contributed by atoms with van der Waals surface area (Å²) in [7, 11) is 0. The standard InChI is InChI=1S/C22H17F4N9O/c23-17(24)10-2-1-3-12-14(10)21(36)35(13-6-7-29-34-13)20(30-12)15(9-4-5-9)31-19-11(8-27)16(18(25)26)32-22(28)33-19/h1-3,6-7,9,15,17-18H,4-5H2,(H,29,34)(H3,28,31,32,33)/t15-/m0/s1. The molecule has 3 heterocycles. The Hall–Kier alpha value is -4.54. The van der Waals surface area contributed by atoms with E-state index in [0.29, 0.717) is 12.8 Å². The second kappa shape index (κ2) is 8.91. The Kier molecular flexibility index (Phi) is 5.75. The molecule has 5 rings (SSSR count). The molecule has 0 unspecified atom stereocenters. The van der Waals surface area contributed by atoms with Crippen LogP contribution in [0.1, 0.15) is 54.4 Å². The molecule has 14 heteroatoms. The zero-order chi connectivity index (χ0) is 25.6. The Morgan fingerprint density at radius 1 is 1.14 bits per heavy atom. The fourth-order valence-corrected chi connectivity index (χ4v) is 4.11. The van der Waals surface area contributed by atoms with Crippen molar-refractivity contribution in [3.8, 4) is 11.9 Å². The first-order valence-corrected chi connectivity index (χ1v) is 10.8. The van der Waals surface area contributed by atoms with Crippen LogP contribution >= 0.6 is 0 Å². The van der Waals surface area contributed by atoms with Crippen molar-refractivity contribution in [2.24, 2.45) is 5.92 Å². The molecule has 4 N–H and O–H groups in total. The van der Waals surface area contributed by atoms with E-state index < -0.39 is 47.2 Å². The van der Waals surface area contributed by atoms with Crippen molar-refractivity contribution >= 4 is 22.7 Å². The molecule has 0 amide bonds. The lowest BCUT2D eigenvalue weighted by Crippen LogP contribution is -2.30. The summed E-state index contributed by atoms with van der Waals surface area (Å²) in [5.74, 6) is -0.578. The van der Waals surface area contributed by atoms with E-state index in [1.165, 1.54) is 24.4 Å². The lowest BCUT2D eigenvalue weighted by atomic mass is 10.1. The van der Waals surface area contributed by atoms with Gasteiger partial charge in [0.25, 0.3) is 18.4 Å². The number of aromatic nitrogens is 6. The quantitative estimate of drug-likeness (QED) is 0.325. The van der Waals surface area contributed by atoms with Gasteiger partial charge in [0, 0.05) is 11.6 Å². The number of halogens is 4. The highest BCUT2D eigenvalue weighted by Crippen LogP contribution is 2.43. The molecule has 0 aliphatic heterocycles. The number of hydrogen-bond acceptors (Lipinski definition) is 8. The van der Waals surface area contributed by atoms with Gasteiger partial charge in [0.1, 0.15) is 29.0 Å². The third-order valence-electron chi connectivity index (χ3n) is 5.85. The number of fused-ring (bicyclic) bond motifs is 1. The summed E-state index contributed by atoms with van der Waals surface area (Å²) in [4.78, 5) is 25.6. The van der Waals surface area contributed by atoms with Crippen LogP contribution in [0.5, 0.6) is 0 Å². The summed E-state index contributed by atoms with van der Waals surface area (Å²) in [6.45, 7) is 0. The van der Waals surface area contributed by atoms with Crippen molar-refractivity contribution in [1.29, 1.82) is 5.26 Å². The SMILES string of the molecule is N#Cc1c(N[C@H](c2nc3cccc(C(F)F)c3c(=O)n2-c2ccn[nH]2)C2CC2)nc(N)nc1C(F)F. The second-order valence-electron chi connectivity index (χ2n) is 8.16. The van der Waals surface area contributed by atoms with Crippen molar-refractivity contribution in [2.45, 2.75) is 31.7 Å². The summed E-state index contributed by atoms with van der Waals surface area (Å²) in [5, 5.41) is 18.7.